The molecular weight excluding hydrogens is 478 g/mol. The van der Waals surface area contributed by atoms with Crippen LogP contribution in [0.2, 0.25) is 0 Å². The van der Waals surface area contributed by atoms with Gasteiger partial charge < -0.3 is 31.2 Å². The van der Waals surface area contributed by atoms with E-state index < -0.39 is 29.1 Å². The van der Waals surface area contributed by atoms with Crippen LogP contribution in [-0.2, 0) is 14.3 Å². The van der Waals surface area contributed by atoms with Crippen molar-refractivity contribution < 1.29 is 23.9 Å². The van der Waals surface area contributed by atoms with Gasteiger partial charge in [-0.2, -0.15) is 0 Å². The van der Waals surface area contributed by atoms with Crippen LogP contribution in [0.3, 0.4) is 0 Å². The van der Waals surface area contributed by atoms with E-state index in [1.165, 1.54) is 29.6 Å². The Hall–Kier alpha value is -3.12. The van der Waals surface area contributed by atoms with Crippen molar-refractivity contribution in [1.82, 2.24) is 10.3 Å². The van der Waals surface area contributed by atoms with Crippen molar-refractivity contribution in [1.29, 1.82) is 0 Å². The number of rotatable bonds is 7. The molecule has 2 aromatic rings. The Bertz CT molecular complexity index is 1060. The number of hydrogen-bond donors (Lipinski definition) is 4. The summed E-state index contributed by atoms with van der Waals surface area (Å²) in [7, 11) is 0. The lowest BCUT2D eigenvalue weighted by atomic mass is 9.90. The first-order valence-corrected chi connectivity index (χ1v) is 12.1. The highest BCUT2D eigenvalue weighted by atomic mass is 32.1. The predicted molar refractivity (Wildman–Crippen MR) is 136 cm³/mol. The van der Waals surface area contributed by atoms with Gasteiger partial charge in [-0.1, -0.05) is 20.8 Å². The molecule has 0 radical (unpaired) electrons. The van der Waals surface area contributed by atoms with E-state index in [4.69, 9.17) is 15.2 Å². The molecule has 0 aromatic carbocycles. The number of ether oxygens (including phenoxy) is 2. The zero-order valence-electron chi connectivity index (χ0n) is 20.3. The van der Waals surface area contributed by atoms with Crippen molar-refractivity contribution in [2.75, 3.05) is 10.6 Å². The molecule has 5 N–H and O–H groups in total. The average Bonchev–Trinajstić information content (AvgIpc) is 3.25. The Labute approximate surface area is 206 Å². The SMILES string of the molecule is CC(=O)Nc1nc(C=Cc2ccc(NC(OC(N)=O)(OC(=O)NC(C)(C)C)C(C)(C)C)s2)cs1. The molecule has 2 rings (SSSR count). The number of anilines is 2. The number of alkyl carbamates (subject to hydrolysis) is 1. The summed E-state index contributed by atoms with van der Waals surface area (Å²) in [5.41, 5.74) is 4.57. The van der Waals surface area contributed by atoms with Crippen molar-refractivity contribution in [3.8, 4) is 0 Å². The predicted octanol–water partition coefficient (Wildman–Crippen LogP) is 5.07. The molecule has 0 aliphatic rings. The van der Waals surface area contributed by atoms with Gasteiger partial charge in [0.05, 0.1) is 16.1 Å². The Balaban J connectivity index is 2.26. The molecule has 0 spiro atoms. The number of nitrogens with two attached hydrogens (primary N) is 1. The van der Waals surface area contributed by atoms with Crippen molar-refractivity contribution in [2.24, 2.45) is 11.1 Å². The maximum Gasteiger partial charge on any atom is 0.412 e. The molecule has 0 fully saturated rings. The minimum Gasteiger partial charge on any atom is -0.387 e. The number of nitrogens with one attached hydrogen (secondary N) is 3. The van der Waals surface area contributed by atoms with E-state index in [1.807, 2.05) is 23.6 Å². The summed E-state index contributed by atoms with van der Waals surface area (Å²) in [6.45, 7) is 12.1. The van der Waals surface area contributed by atoms with Gasteiger partial charge in [-0.3, -0.25) is 4.79 Å². The second kappa shape index (κ2) is 10.4. The number of thiophene rings is 1. The van der Waals surface area contributed by atoms with E-state index in [0.29, 0.717) is 15.8 Å². The molecule has 1 unspecified atom stereocenters. The first-order chi connectivity index (χ1) is 15.6. The first-order valence-electron chi connectivity index (χ1n) is 10.4. The molecule has 12 heteroatoms. The largest absolute Gasteiger partial charge is 0.412 e. The zero-order chi connectivity index (χ0) is 25.7. The van der Waals surface area contributed by atoms with Crippen LogP contribution in [0.25, 0.3) is 12.2 Å². The fourth-order valence-electron chi connectivity index (χ4n) is 2.58. The summed E-state index contributed by atoms with van der Waals surface area (Å²) in [6.07, 6.45) is 1.79. The fourth-order valence-corrected chi connectivity index (χ4v) is 4.15. The number of amides is 3. The molecule has 2 heterocycles. The minimum atomic E-state index is -1.87. The number of thiazole rings is 1. The van der Waals surface area contributed by atoms with Gasteiger partial charge in [0.1, 0.15) is 0 Å². The first kappa shape index (κ1) is 27.1. The van der Waals surface area contributed by atoms with E-state index in [9.17, 15) is 14.4 Å². The van der Waals surface area contributed by atoms with Gasteiger partial charge in [0.2, 0.25) is 5.91 Å². The van der Waals surface area contributed by atoms with Gasteiger partial charge >= 0.3 is 18.1 Å². The molecule has 2 aromatic heterocycles. The molecule has 186 valence electrons. The topological polar surface area (TPSA) is 145 Å². The van der Waals surface area contributed by atoms with Crippen LogP contribution < -0.4 is 21.7 Å². The van der Waals surface area contributed by atoms with Crippen LogP contribution in [0, 0.1) is 5.41 Å². The summed E-state index contributed by atoms with van der Waals surface area (Å²) < 4.78 is 11.0. The number of nitrogens with zero attached hydrogens (tertiary/aromatic N) is 1. The average molecular weight is 510 g/mol. The third kappa shape index (κ3) is 8.03. The zero-order valence-corrected chi connectivity index (χ0v) is 21.9. The fraction of sp³-hybridized carbons (Fsp3) is 0.455. The standard InChI is InChI=1S/C22H31N5O5S2/c1-13(28)24-18-25-14(12-33-18)8-9-15-10-11-16(34-15)26-22(20(2,3)4,31-17(23)29)32-19(30)27-21(5,6)7/h8-12,26H,1-7H3,(H2,23,29)(H,27,30)(H,24,25,28). The molecule has 34 heavy (non-hydrogen) atoms. The van der Waals surface area contributed by atoms with Crippen LogP contribution in [0.15, 0.2) is 17.5 Å². The summed E-state index contributed by atoms with van der Waals surface area (Å²) in [5, 5.41) is 11.3. The van der Waals surface area contributed by atoms with E-state index in [1.54, 1.807) is 47.6 Å². The highest BCUT2D eigenvalue weighted by Crippen LogP contribution is 2.38. The van der Waals surface area contributed by atoms with E-state index >= 15 is 0 Å². The Morgan fingerprint density at radius 1 is 1.06 bits per heavy atom. The minimum absolute atomic E-state index is 0.183. The number of carbonyl (C=O) groups excluding carboxylic acids is 3. The molecule has 0 saturated carbocycles. The molecular formula is C22H31N5O5S2. The second-order valence-corrected chi connectivity index (χ2v) is 11.4. The quantitative estimate of drug-likeness (QED) is 0.382. The maximum absolute atomic E-state index is 12.6. The monoisotopic (exact) mass is 509 g/mol. The van der Waals surface area contributed by atoms with Crippen LogP contribution >= 0.6 is 22.7 Å². The Morgan fingerprint density at radius 3 is 2.29 bits per heavy atom. The van der Waals surface area contributed by atoms with Gasteiger partial charge in [0.25, 0.3) is 0 Å². The van der Waals surface area contributed by atoms with Crippen LogP contribution in [-0.4, -0.2) is 34.5 Å². The molecule has 10 nitrogen and oxygen atoms in total. The van der Waals surface area contributed by atoms with E-state index in [2.05, 4.69) is 20.9 Å². The van der Waals surface area contributed by atoms with Gasteiger partial charge in [-0.25, -0.2) is 14.6 Å². The van der Waals surface area contributed by atoms with E-state index in [-0.39, 0.29) is 5.91 Å². The number of hydrogen-bond acceptors (Lipinski definition) is 9. The second-order valence-electron chi connectivity index (χ2n) is 9.47. The van der Waals surface area contributed by atoms with Crippen molar-refractivity contribution in [3.05, 3.63) is 28.1 Å². The molecule has 0 aliphatic heterocycles. The third-order valence-corrected chi connectivity index (χ3v) is 5.82. The highest BCUT2D eigenvalue weighted by molar-refractivity contribution is 7.17. The lowest BCUT2D eigenvalue weighted by Crippen LogP contribution is -2.59. The van der Waals surface area contributed by atoms with Crippen LogP contribution in [0.5, 0.6) is 0 Å². The summed E-state index contributed by atoms with van der Waals surface area (Å²) >= 11 is 2.67. The van der Waals surface area contributed by atoms with E-state index in [0.717, 1.165) is 4.88 Å². The number of primary amides is 1. The molecule has 3 amide bonds. The van der Waals surface area contributed by atoms with Gasteiger partial charge in [-0.05, 0) is 45.1 Å². The summed E-state index contributed by atoms with van der Waals surface area (Å²) in [5.74, 6) is -2.06. The summed E-state index contributed by atoms with van der Waals surface area (Å²) in [6, 6.07) is 3.61. The van der Waals surface area contributed by atoms with Crippen LogP contribution in [0.1, 0.15) is 59.0 Å². The highest BCUT2D eigenvalue weighted by Gasteiger charge is 2.51. The van der Waals surface area contributed by atoms with Gasteiger partial charge in [-0.15, -0.1) is 22.7 Å². The molecule has 1 atom stereocenters. The van der Waals surface area contributed by atoms with Crippen LogP contribution in [0.4, 0.5) is 19.7 Å². The molecule has 0 bridgehead atoms. The lowest BCUT2D eigenvalue weighted by molar-refractivity contribution is -0.201. The molecule has 0 saturated heterocycles. The normalized spacial score (nSPS) is 13.7. The lowest BCUT2D eigenvalue weighted by Gasteiger charge is -2.42. The van der Waals surface area contributed by atoms with Crippen molar-refractivity contribution in [2.45, 2.75) is 59.9 Å². The molecule has 0 aliphatic carbocycles. The number of carbonyl (C=O) groups is 3. The third-order valence-electron chi connectivity index (χ3n) is 4.08. The van der Waals surface area contributed by atoms with Crippen molar-refractivity contribution >= 4 is 63.1 Å². The Morgan fingerprint density at radius 2 is 1.74 bits per heavy atom. The maximum atomic E-state index is 12.6. The summed E-state index contributed by atoms with van der Waals surface area (Å²) in [4.78, 5) is 40.7. The number of aromatic nitrogens is 1. The van der Waals surface area contributed by atoms with Gasteiger partial charge in [0, 0.05) is 22.7 Å². The smallest absolute Gasteiger partial charge is 0.387 e. The Kier molecular flexibility index (Phi) is 8.32. The van der Waals surface area contributed by atoms with Gasteiger partial charge in [0.15, 0.2) is 5.13 Å². The van der Waals surface area contributed by atoms with Crippen molar-refractivity contribution in [3.63, 3.8) is 0 Å².